The summed E-state index contributed by atoms with van der Waals surface area (Å²) in [5.74, 6) is 0.328. The van der Waals surface area contributed by atoms with Gasteiger partial charge in [-0.3, -0.25) is 0 Å². The van der Waals surface area contributed by atoms with Crippen LogP contribution in [-0.2, 0) is 6.61 Å². The smallest absolute Gasteiger partial charge is 0.0715 e. The highest BCUT2D eigenvalue weighted by Crippen LogP contribution is 2.25. The van der Waals surface area contributed by atoms with E-state index in [1.807, 2.05) is 4.68 Å². The second-order valence-electron chi connectivity index (χ2n) is 5.07. The van der Waals surface area contributed by atoms with Crippen LogP contribution in [0.1, 0.15) is 42.1 Å². The summed E-state index contributed by atoms with van der Waals surface area (Å²) in [5, 5.41) is 13.8. The van der Waals surface area contributed by atoms with E-state index in [0.29, 0.717) is 5.92 Å². The summed E-state index contributed by atoms with van der Waals surface area (Å²) >= 11 is 0. The van der Waals surface area contributed by atoms with Crippen molar-refractivity contribution in [2.24, 2.45) is 0 Å². The quantitative estimate of drug-likeness (QED) is 0.901. The van der Waals surface area contributed by atoms with E-state index in [1.54, 1.807) is 6.20 Å². The Kier molecular flexibility index (Phi) is 3.53. The molecule has 0 atom stereocenters. The van der Waals surface area contributed by atoms with Gasteiger partial charge >= 0.3 is 0 Å². The number of hydrogen-bond donors (Lipinski definition) is 1. The van der Waals surface area contributed by atoms with Gasteiger partial charge in [-0.1, -0.05) is 26.0 Å². The van der Waals surface area contributed by atoms with Gasteiger partial charge in [-0.25, -0.2) is 4.68 Å². The fourth-order valence-corrected chi connectivity index (χ4v) is 2.27. The molecular formula is C15H20N2O. The van der Waals surface area contributed by atoms with E-state index < -0.39 is 0 Å². The van der Waals surface area contributed by atoms with Gasteiger partial charge in [-0.05, 0) is 37.0 Å². The highest BCUT2D eigenvalue weighted by molar-refractivity contribution is 5.44. The number of hydrogen-bond acceptors (Lipinski definition) is 2. The zero-order valence-electron chi connectivity index (χ0n) is 11.4. The number of rotatable bonds is 3. The van der Waals surface area contributed by atoms with Crippen molar-refractivity contribution < 1.29 is 5.11 Å². The number of nitrogens with zero attached hydrogens (tertiary/aromatic N) is 2. The van der Waals surface area contributed by atoms with Crippen molar-refractivity contribution in [1.29, 1.82) is 0 Å². The molecule has 1 N–H and O–H groups in total. The van der Waals surface area contributed by atoms with Crippen LogP contribution in [0.25, 0.3) is 5.69 Å². The van der Waals surface area contributed by atoms with E-state index in [2.05, 4.69) is 51.0 Å². The van der Waals surface area contributed by atoms with E-state index in [0.717, 1.165) is 16.9 Å². The molecule has 1 aromatic carbocycles. The van der Waals surface area contributed by atoms with Crippen LogP contribution < -0.4 is 0 Å². The Hall–Kier alpha value is -1.61. The summed E-state index contributed by atoms with van der Waals surface area (Å²) in [6.07, 6.45) is 1.76. The van der Waals surface area contributed by atoms with Crippen molar-refractivity contribution in [2.75, 3.05) is 0 Å². The molecule has 0 aliphatic heterocycles. The average molecular weight is 244 g/mol. The highest BCUT2D eigenvalue weighted by atomic mass is 16.3. The lowest BCUT2D eigenvalue weighted by molar-refractivity contribution is 0.280. The minimum atomic E-state index is 0.0401. The van der Waals surface area contributed by atoms with Crippen LogP contribution in [0.3, 0.4) is 0 Å². The Morgan fingerprint density at radius 2 is 2.00 bits per heavy atom. The molecule has 18 heavy (non-hydrogen) atoms. The zero-order chi connectivity index (χ0) is 13.3. The van der Waals surface area contributed by atoms with Crippen molar-refractivity contribution in [3.05, 3.63) is 46.8 Å². The van der Waals surface area contributed by atoms with Crippen LogP contribution >= 0.6 is 0 Å². The molecule has 0 bridgehead atoms. The van der Waals surface area contributed by atoms with Crippen molar-refractivity contribution >= 4 is 0 Å². The SMILES string of the molecule is Cc1ccc(C)c(-n2ncc(CO)c2C(C)C)c1. The summed E-state index contributed by atoms with van der Waals surface area (Å²) < 4.78 is 1.96. The van der Waals surface area contributed by atoms with Crippen LogP contribution in [0, 0.1) is 13.8 Å². The molecule has 0 unspecified atom stereocenters. The lowest BCUT2D eigenvalue weighted by atomic mass is 10.1. The Morgan fingerprint density at radius 3 is 2.61 bits per heavy atom. The average Bonchev–Trinajstić information content (AvgIpc) is 2.75. The molecular weight excluding hydrogens is 224 g/mol. The first-order valence-electron chi connectivity index (χ1n) is 6.30. The van der Waals surface area contributed by atoms with Crippen LogP contribution in [-0.4, -0.2) is 14.9 Å². The lowest BCUT2D eigenvalue weighted by Gasteiger charge is -2.14. The fourth-order valence-electron chi connectivity index (χ4n) is 2.27. The van der Waals surface area contributed by atoms with Gasteiger partial charge < -0.3 is 5.11 Å². The molecule has 0 saturated carbocycles. The number of aromatic nitrogens is 2. The second kappa shape index (κ2) is 4.94. The predicted molar refractivity (Wildman–Crippen MR) is 73.0 cm³/mol. The molecule has 1 aromatic heterocycles. The Morgan fingerprint density at radius 1 is 1.28 bits per heavy atom. The van der Waals surface area contributed by atoms with E-state index in [-0.39, 0.29) is 6.61 Å². The van der Waals surface area contributed by atoms with Gasteiger partial charge in [0, 0.05) is 5.56 Å². The Bertz CT molecular complexity index is 556. The van der Waals surface area contributed by atoms with Gasteiger partial charge in [0.2, 0.25) is 0 Å². The molecule has 0 amide bonds. The maximum atomic E-state index is 9.40. The van der Waals surface area contributed by atoms with Gasteiger partial charge in [0.05, 0.1) is 24.2 Å². The molecule has 0 saturated heterocycles. The summed E-state index contributed by atoms with van der Waals surface area (Å²) in [5.41, 5.74) is 5.50. The van der Waals surface area contributed by atoms with E-state index in [4.69, 9.17) is 0 Å². The third-order valence-electron chi connectivity index (χ3n) is 3.20. The van der Waals surface area contributed by atoms with Gasteiger partial charge in [0.1, 0.15) is 0 Å². The van der Waals surface area contributed by atoms with Gasteiger partial charge in [-0.2, -0.15) is 5.10 Å². The fraction of sp³-hybridized carbons (Fsp3) is 0.400. The summed E-state index contributed by atoms with van der Waals surface area (Å²) in [4.78, 5) is 0. The topological polar surface area (TPSA) is 38.0 Å². The van der Waals surface area contributed by atoms with Crippen LogP contribution in [0.4, 0.5) is 0 Å². The van der Waals surface area contributed by atoms with Gasteiger partial charge in [-0.15, -0.1) is 0 Å². The first kappa shape index (κ1) is 12.8. The maximum Gasteiger partial charge on any atom is 0.0715 e. The summed E-state index contributed by atoms with van der Waals surface area (Å²) in [6.45, 7) is 8.45. The molecule has 0 aliphatic carbocycles. The first-order chi connectivity index (χ1) is 8.54. The largest absolute Gasteiger partial charge is 0.392 e. The molecule has 0 aliphatic rings. The van der Waals surface area contributed by atoms with Crippen LogP contribution in [0.2, 0.25) is 0 Å². The minimum Gasteiger partial charge on any atom is -0.392 e. The third-order valence-corrected chi connectivity index (χ3v) is 3.20. The molecule has 3 heteroatoms. The molecule has 0 spiro atoms. The first-order valence-corrected chi connectivity index (χ1v) is 6.30. The summed E-state index contributed by atoms with van der Waals surface area (Å²) in [7, 11) is 0. The normalized spacial score (nSPS) is 11.2. The molecule has 0 fully saturated rings. The van der Waals surface area contributed by atoms with Crippen molar-refractivity contribution in [3.63, 3.8) is 0 Å². The third kappa shape index (κ3) is 2.18. The number of benzene rings is 1. The monoisotopic (exact) mass is 244 g/mol. The van der Waals surface area contributed by atoms with Crippen molar-refractivity contribution in [1.82, 2.24) is 9.78 Å². The zero-order valence-corrected chi connectivity index (χ0v) is 11.4. The predicted octanol–water partition coefficient (Wildman–Crippen LogP) is 3.10. The minimum absolute atomic E-state index is 0.0401. The Balaban J connectivity index is 2.63. The standard InChI is InChI=1S/C15H20N2O/c1-10(2)15-13(9-18)8-16-17(15)14-7-11(3)5-6-12(14)4/h5-8,10,18H,9H2,1-4H3. The lowest BCUT2D eigenvalue weighted by Crippen LogP contribution is -2.07. The van der Waals surface area contributed by atoms with E-state index in [9.17, 15) is 5.11 Å². The molecule has 3 nitrogen and oxygen atoms in total. The molecule has 2 rings (SSSR count). The molecule has 96 valence electrons. The van der Waals surface area contributed by atoms with Gasteiger partial charge in [0.15, 0.2) is 0 Å². The Labute approximate surface area is 108 Å². The van der Waals surface area contributed by atoms with Crippen molar-refractivity contribution in [2.45, 2.75) is 40.2 Å². The van der Waals surface area contributed by atoms with Crippen LogP contribution in [0.5, 0.6) is 0 Å². The number of aliphatic hydroxyl groups excluding tert-OH is 1. The summed E-state index contributed by atoms with van der Waals surface area (Å²) in [6, 6.07) is 6.34. The molecule has 1 heterocycles. The second-order valence-corrected chi connectivity index (χ2v) is 5.07. The number of aryl methyl sites for hydroxylation is 2. The van der Waals surface area contributed by atoms with Crippen molar-refractivity contribution in [3.8, 4) is 5.69 Å². The van der Waals surface area contributed by atoms with E-state index in [1.165, 1.54) is 11.1 Å². The number of aliphatic hydroxyl groups is 1. The van der Waals surface area contributed by atoms with E-state index >= 15 is 0 Å². The van der Waals surface area contributed by atoms with Gasteiger partial charge in [0.25, 0.3) is 0 Å². The van der Waals surface area contributed by atoms with Crippen LogP contribution in [0.15, 0.2) is 24.4 Å². The molecule has 0 radical (unpaired) electrons. The highest BCUT2D eigenvalue weighted by Gasteiger charge is 2.16. The molecule has 2 aromatic rings. The maximum absolute atomic E-state index is 9.40.